The minimum Gasteiger partial charge on any atom is -0.506 e. The summed E-state index contributed by atoms with van der Waals surface area (Å²) in [5, 5.41) is 10.9. The number of hydrogen-bond donors (Lipinski definition) is 1. The van der Waals surface area contributed by atoms with Crippen LogP contribution in [0.4, 0.5) is 0 Å². The highest BCUT2D eigenvalue weighted by Gasteiger charge is 2.18. The zero-order chi connectivity index (χ0) is 14.7. The Kier molecular flexibility index (Phi) is 4.36. The van der Waals surface area contributed by atoms with E-state index in [2.05, 4.69) is 16.8 Å². The molecule has 1 aromatic heterocycles. The van der Waals surface area contributed by atoms with Crippen LogP contribution >= 0.6 is 0 Å². The van der Waals surface area contributed by atoms with Gasteiger partial charge in [-0.3, -0.25) is 4.90 Å². The summed E-state index contributed by atoms with van der Waals surface area (Å²) in [6.07, 6.45) is 2.69. The molecular formula is C17H22N2O2. The van der Waals surface area contributed by atoms with Crippen molar-refractivity contribution in [3.63, 3.8) is 0 Å². The molecule has 1 atom stereocenters. The van der Waals surface area contributed by atoms with Crippen LogP contribution in [0, 0.1) is 0 Å². The zero-order valence-electron chi connectivity index (χ0n) is 12.5. The predicted molar refractivity (Wildman–Crippen MR) is 83.3 cm³/mol. The van der Waals surface area contributed by atoms with Crippen LogP contribution in [0.5, 0.6) is 5.75 Å². The average Bonchev–Trinajstić information content (AvgIpc) is 3.00. The number of hydrogen-bond acceptors (Lipinski definition) is 4. The van der Waals surface area contributed by atoms with Crippen molar-refractivity contribution in [1.82, 2.24) is 9.88 Å². The first kappa shape index (κ1) is 14.3. The lowest BCUT2D eigenvalue weighted by Crippen LogP contribution is -2.31. The van der Waals surface area contributed by atoms with Crippen LogP contribution < -0.4 is 0 Å². The van der Waals surface area contributed by atoms with Crippen molar-refractivity contribution >= 4 is 10.9 Å². The summed E-state index contributed by atoms with van der Waals surface area (Å²) in [6.45, 7) is 5.77. The van der Waals surface area contributed by atoms with Gasteiger partial charge < -0.3 is 9.84 Å². The average molecular weight is 286 g/mol. The third-order valence-corrected chi connectivity index (χ3v) is 4.08. The van der Waals surface area contributed by atoms with E-state index in [0.29, 0.717) is 11.6 Å². The summed E-state index contributed by atoms with van der Waals surface area (Å²) >= 11 is 0. The fourth-order valence-corrected chi connectivity index (χ4v) is 2.87. The maximum atomic E-state index is 9.92. The minimum absolute atomic E-state index is 0.247. The van der Waals surface area contributed by atoms with Crippen molar-refractivity contribution in [3.8, 4) is 5.75 Å². The Hall–Kier alpha value is -1.65. The molecule has 1 fully saturated rings. The van der Waals surface area contributed by atoms with E-state index in [1.54, 1.807) is 6.07 Å². The van der Waals surface area contributed by atoms with Gasteiger partial charge in [0.2, 0.25) is 0 Å². The maximum Gasteiger partial charge on any atom is 0.141 e. The van der Waals surface area contributed by atoms with Crippen LogP contribution in [0.25, 0.3) is 10.9 Å². The van der Waals surface area contributed by atoms with Gasteiger partial charge in [-0.15, -0.1) is 0 Å². The van der Waals surface area contributed by atoms with Gasteiger partial charge in [0, 0.05) is 25.1 Å². The number of aromatic nitrogens is 1. The van der Waals surface area contributed by atoms with Gasteiger partial charge in [0.1, 0.15) is 11.3 Å². The molecule has 1 aliphatic heterocycles. The number of pyridine rings is 1. The van der Waals surface area contributed by atoms with E-state index in [9.17, 15) is 5.11 Å². The largest absolute Gasteiger partial charge is 0.506 e. The Balaban J connectivity index is 1.74. The van der Waals surface area contributed by atoms with E-state index >= 15 is 0 Å². The topological polar surface area (TPSA) is 45.6 Å². The molecule has 0 bridgehead atoms. The Morgan fingerprint density at radius 3 is 3.00 bits per heavy atom. The lowest BCUT2D eigenvalue weighted by molar-refractivity contribution is 0.0721. The molecule has 2 aromatic rings. The summed E-state index contributed by atoms with van der Waals surface area (Å²) in [5.41, 5.74) is 1.67. The van der Waals surface area contributed by atoms with Crippen LogP contribution in [0.2, 0.25) is 0 Å². The van der Waals surface area contributed by atoms with Gasteiger partial charge in [0.15, 0.2) is 0 Å². The van der Waals surface area contributed by atoms with Crippen molar-refractivity contribution in [2.24, 2.45) is 0 Å². The second-order valence-electron chi connectivity index (χ2n) is 5.61. The number of nitrogens with zero attached hydrogens (tertiary/aromatic N) is 2. The number of aromatic hydroxyl groups is 1. The van der Waals surface area contributed by atoms with Gasteiger partial charge >= 0.3 is 0 Å². The molecule has 4 heteroatoms. The maximum absolute atomic E-state index is 9.92. The molecule has 1 saturated heterocycles. The third-order valence-electron chi connectivity index (χ3n) is 4.08. The van der Waals surface area contributed by atoms with Crippen molar-refractivity contribution in [2.75, 3.05) is 19.7 Å². The van der Waals surface area contributed by atoms with Crippen LogP contribution in [-0.2, 0) is 11.3 Å². The molecule has 2 heterocycles. The SMILES string of the molecule is CCN(Cc1ccc2cccc(O)c2n1)C[C@@H]1CCCO1. The molecule has 0 unspecified atom stereocenters. The first-order valence-electron chi connectivity index (χ1n) is 7.68. The highest BCUT2D eigenvalue weighted by Crippen LogP contribution is 2.23. The summed E-state index contributed by atoms with van der Waals surface area (Å²) in [7, 11) is 0. The molecule has 0 radical (unpaired) electrons. The Labute approximate surface area is 125 Å². The van der Waals surface area contributed by atoms with E-state index < -0.39 is 0 Å². The summed E-state index contributed by atoms with van der Waals surface area (Å²) in [4.78, 5) is 6.96. The van der Waals surface area contributed by atoms with E-state index in [-0.39, 0.29) is 5.75 Å². The van der Waals surface area contributed by atoms with Gasteiger partial charge in [-0.1, -0.05) is 25.1 Å². The summed E-state index contributed by atoms with van der Waals surface area (Å²) < 4.78 is 5.71. The highest BCUT2D eigenvalue weighted by molar-refractivity contribution is 5.84. The molecule has 3 rings (SSSR count). The molecule has 0 amide bonds. The number of likely N-dealkylation sites (N-methyl/N-ethyl adjacent to an activating group) is 1. The van der Waals surface area contributed by atoms with E-state index in [0.717, 1.165) is 43.7 Å². The van der Waals surface area contributed by atoms with E-state index in [4.69, 9.17) is 4.74 Å². The third kappa shape index (κ3) is 3.34. The molecule has 1 aromatic carbocycles. The van der Waals surface area contributed by atoms with Crippen LogP contribution in [0.15, 0.2) is 30.3 Å². The Bertz CT molecular complexity index is 609. The van der Waals surface area contributed by atoms with Crippen molar-refractivity contribution < 1.29 is 9.84 Å². The summed E-state index contributed by atoms with van der Waals surface area (Å²) in [5.74, 6) is 0.247. The number of ether oxygens (including phenoxy) is 1. The smallest absolute Gasteiger partial charge is 0.141 e. The molecular weight excluding hydrogens is 264 g/mol. The summed E-state index contributed by atoms with van der Waals surface area (Å²) in [6, 6.07) is 9.56. The fraction of sp³-hybridized carbons (Fsp3) is 0.471. The predicted octanol–water partition coefficient (Wildman–Crippen LogP) is 2.94. The van der Waals surface area contributed by atoms with Crippen molar-refractivity contribution in [2.45, 2.75) is 32.4 Å². The monoisotopic (exact) mass is 286 g/mol. The number of benzene rings is 1. The Morgan fingerprint density at radius 1 is 1.33 bits per heavy atom. The van der Waals surface area contributed by atoms with Gasteiger partial charge in [-0.05, 0) is 31.5 Å². The quantitative estimate of drug-likeness (QED) is 0.918. The second-order valence-corrected chi connectivity index (χ2v) is 5.61. The molecule has 4 nitrogen and oxygen atoms in total. The number of phenolic OH excluding ortho intramolecular Hbond substituents is 1. The van der Waals surface area contributed by atoms with Crippen LogP contribution in [0.3, 0.4) is 0 Å². The van der Waals surface area contributed by atoms with Crippen LogP contribution in [-0.4, -0.2) is 40.8 Å². The van der Waals surface area contributed by atoms with Gasteiger partial charge in [0.25, 0.3) is 0 Å². The zero-order valence-corrected chi connectivity index (χ0v) is 12.5. The lowest BCUT2D eigenvalue weighted by atomic mass is 10.1. The second kappa shape index (κ2) is 6.41. The van der Waals surface area contributed by atoms with E-state index in [1.165, 1.54) is 6.42 Å². The number of para-hydroxylation sites is 1. The Morgan fingerprint density at radius 2 is 2.24 bits per heavy atom. The van der Waals surface area contributed by atoms with E-state index in [1.807, 2.05) is 24.3 Å². The van der Waals surface area contributed by atoms with Gasteiger partial charge in [-0.25, -0.2) is 4.98 Å². The normalized spacial score (nSPS) is 18.7. The molecule has 0 spiro atoms. The minimum atomic E-state index is 0.247. The van der Waals surface area contributed by atoms with Crippen LogP contribution in [0.1, 0.15) is 25.5 Å². The molecule has 0 saturated carbocycles. The first-order chi connectivity index (χ1) is 10.3. The molecule has 0 aliphatic carbocycles. The number of phenols is 1. The van der Waals surface area contributed by atoms with Gasteiger partial charge in [0.05, 0.1) is 11.8 Å². The standard InChI is InChI=1S/C17H22N2O2/c1-2-19(12-15-6-4-10-21-15)11-14-9-8-13-5-3-7-16(20)17(13)18-14/h3,5,7-9,15,20H,2,4,6,10-12H2,1H3/t15-/m0/s1. The number of fused-ring (bicyclic) bond motifs is 1. The van der Waals surface area contributed by atoms with Gasteiger partial charge in [-0.2, -0.15) is 0 Å². The molecule has 21 heavy (non-hydrogen) atoms. The molecule has 1 aliphatic rings. The lowest BCUT2D eigenvalue weighted by Gasteiger charge is -2.23. The fourth-order valence-electron chi connectivity index (χ4n) is 2.87. The highest BCUT2D eigenvalue weighted by atomic mass is 16.5. The van der Waals surface area contributed by atoms with Crippen molar-refractivity contribution in [1.29, 1.82) is 0 Å². The molecule has 112 valence electrons. The first-order valence-corrected chi connectivity index (χ1v) is 7.68. The van der Waals surface area contributed by atoms with Crippen molar-refractivity contribution in [3.05, 3.63) is 36.0 Å². The number of rotatable bonds is 5. The molecule has 1 N–H and O–H groups in total.